The van der Waals surface area contributed by atoms with Crippen molar-refractivity contribution in [2.45, 2.75) is 174 Å². The van der Waals surface area contributed by atoms with E-state index in [-0.39, 0.29) is 6.61 Å². The molecule has 286 valence electrons. The first-order valence-corrected chi connectivity index (χ1v) is 20.9. The van der Waals surface area contributed by atoms with Crippen LogP contribution in [0, 0.1) is 0 Å². The first-order chi connectivity index (χ1) is 23.6. The molecule has 1 aliphatic rings. The van der Waals surface area contributed by atoms with Crippen LogP contribution in [0.25, 0.3) is 0 Å². The zero-order valence-corrected chi connectivity index (χ0v) is 32.1. The second-order valence-corrected chi connectivity index (χ2v) is 15.4. The van der Waals surface area contributed by atoms with Crippen molar-refractivity contribution >= 4 is 45.5 Å². The van der Waals surface area contributed by atoms with Crippen molar-refractivity contribution in [3.05, 3.63) is 0 Å². The van der Waals surface area contributed by atoms with Gasteiger partial charge in [-0.05, 0) is 25.7 Å². The summed E-state index contributed by atoms with van der Waals surface area (Å²) in [5.41, 5.74) is 0. The van der Waals surface area contributed by atoms with Crippen molar-refractivity contribution in [2.75, 3.05) is 31.3 Å². The second kappa shape index (κ2) is 30.1. The molecule has 1 heterocycles. The number of aliphatic hydroxyl groups excluding tert-OH is 1. The number of hydrogen-bond acceptors (Lipinski definition) is 13. The minimum Gasteiger partial charge on any atom is -0.463 e. The zero-order chi connectivity index (χ0) is 36.1. The Morgan fingerprint density at radius 3 is 1.39 bits per heavy atom. The van der Waals surface area contributed by atoms with Crippen LogP contribution in [0.2, 0.25) is 0 Å². The van der Waals surface area contributed by atoms with Crippen LogP contribution in [-0.2, 0) is 47.6 Å². The molecule has 0 amide bonds. The lowest BCUT2D eigenvalue weighted by molar-refractivity contribution is -0.308. The molecular formula is C36H64O11S2. The summed E-state index contributed by atoms with van der Waals surface area (Å²) in [6.07, 6.45) is 16.0. The maximum Gasteiger partial charge on any atom is 0.303 e. The molecule has 1 fully saturated rings. The number of esters is 4. The maximum absolute atomic E-state index is 12.0. The molecule has 5 atom stereocenters. The average Bonchev–Trinajstić information content (AvgIpc) is 3.04. The summed E-state index contributed by atoms with van der Waals surface area (Å²) in [7, 11) is 4.05. The van der Waals surface area contributed by atoms with E-state index in [0.29, 0.717) is 13.2 Å². The predicted octanol–water partition coefficient (Wildman–Crippen LogP) is 7.48. The lowest BCUT2D eigenvalue weighted by Gasteiger charge is -2.44. The van der Waals surface area contributed by atoms with Gasteiger partial charge in [-0.3, -0.25) is 19.2 Å². The van der Waals surface area contributed by atoms with E-state index in [1.54, 1.807) is 0 Å². The Kier molecular flexibility index (Phi) is 28.0. The zero-order valence-electron chi connectivity index (χ0n) is 30.5. The molecule has 0 aromatic rings. The largest absolute Gasteiger partial charge is 0.463 e. The van der Waals surface area contributed by atoms with Crippen LogP contribution in [0.1, 0.15) is 143 Å². The van der Waals surface area contributed by atoms with Gasteiger partial charge in [0.15, 0.2) is 24.6 Å². The van der Waals surface area contributed by atoms with Crippen LogP contribution in [0.4, 0.5) is 0 Å². The highest BCUT2D eigenvalue weighted by molar-refractivity contribution is 8.76. The molecule has 1 N–H and O–H groups in total. The Bertz CT molecular complexity index is 891. The fourth-order valence-corrected chi connectivity index (χ4v) is 7.94. The van der Waals surface area contributed by atoms with Gasteiger partial charge in [0.25, 0.3) is 0 Å². The van der Waals surface area contributed by atoms with Gasteiger partial charge < -0.3 is 33.5 Å². The molecule has 0 spiro atoms. The molecule has 1 aliphatic heterocycles. The fourth-order valence-electron chi connectivity index (χ4n) is 5.65. The third kappa shape index (κ3) is 24.3. The van der Waals surface area contributed by atoms with Crippen molar-refractivity contribution in [3.63, 3.8) is 0 Å². The quantitative estimate of drug-likeness (QED) is 0.0337. The van der Waals surface area contributed by atoms with Crippen LogP contribution >= 0.6 is 21.6 Å². The average molecular weight is 737 g/mol. The number of carbonyl (C=O) groups excluding carboxylic acids is 4. The third-order valence-corrected chi connectivity index (χ3v) is 10.6. The van der Waals surface area contributed by atoms with Gasteiger partial charge in [-0.2, -0.15) is 0 Å². The van der Waals surface area contributed by atoms with Crippen LogP contribution in [0.3, 0.4) is 0 Å². The van der Waals surface area contributed by atoms with E-state index < -0.39 is 54.6 Å². The van der Waals surface area contributed by atoms with Gasteiger partial charge in [-0.1, -0.05) is 111 Å². The molecule has 49 heavy (non-hydrogen) atoms. The molecule has 13 heteroatoms. The summed E-state index contributed by atoms with van der Waals surface area (Å²) in [5, 5.41) is 8.80. The molecule has 0 aromatic carbocycles. The first-order valence-electron chi connectivity index (χ1n) is 18.4. The molecule has 1 rings (SSSR count). The van der Waals surface area contributed by atoms with E-state index in [1.165, 1.54) is 123 Å². The standard InChI is InChI=1S/C36H64O11S2/c1-28(38)43-27-32-33(44-29(2)39)34(45-30(3)40)35(46-31(4)41)36(47-32)42-24-20-16-12-8-6-10-14-18-22-26-49-48-25-21-17-13-9-5-7-11-15-19-23-37/h32-37H,5-27H2,1-4H3/t32-,33-,34+,35-,36-/m1/s1. The molecule has 0 saturated carbocycles. The van der Waals surface area contributed by atoms with Gasteiger partial charge in [-0.15, -0.1) is 0 Å². The number of rotatable bonds is 30. The normalized spacial score (nSPS) is 20.5. The SMILES string of the molecule is CC(=O)OC[C@H]1O[C@@H](OCCCCCCCCCCCSSCCCCCCCCCCCO)[C@H](OC(C)=O)[C@@H](OC(C)=O)[C@@H]1OC(C)=O. The molecular weight excluding hydrogens is 673 g/mol. The maximum atomic E-state index is 12.0. The number of unbranched alkanes of at least 4 members (excludes halogenated alkanes) is 16. The van der Waals surface area contributed by atoms with E-state index in [2.05, 4.69) is 0 Å². The molecule has 0 aliphatic carbocycles. The monoisotopic (exact) mass is 736 g/mol. The highest BCUT2D eigenvalue weighted by atomic mass is 33.1. The molecule has 11 nitrogen and oxygen atoms in total. The summed E-state index contributed by atoms with van der Waals surface area (Å²) in [6, 6.07) is 0. The Hall–Kier alpha value is -1.54. The summed E-state index contributed by atoms with van der Waals surface area (Å²) < 4.78 is 33.3. The van der Waals surface area contributed by atoms with Gasteiger partial charge >= 0.3 is 23.9 Å². The Balaban J connectivity index is 2.21. The van der Waals surface area contributed by atoms with E-state index >= 15 is 0 Å². The molecule has 0 aromatic heterocycles. The van der Waals surface area contributed by atoms with Crippen LogP contribution < -0.4 is 0 Å². The summed E-state index contributed by atoms with van der Waals surface area (Å²) in [4.78, 5) is 47.2. The van der Waals surface area contributed by atoms with Gasteiger partial charge in [0.1, 0.15) is 12.7 Å². The topological polar surface area (TPSA) is 144 Å². The molecule has 0 unspecified atom stereocenters. The first kappa shape index (κ1) is 45.5. The highest BCUT2D eigenvalue weighted by Crippen LogP contribution is 2.30. The predicted molar refractivity (Wildman–Crippen MR) is 193 cm³/mol. The van der Waals surface area contributed by atoms with Crippen LogP contribution in [0.5, 0.6) is 0 Å². The highest BCUT2D eigenvalue weighted by Gasteiger charge is 2.52. The lowest BCUT2D eigenvalue weighted by Crippen LogP contribution is -2.63. The van der Waals surface area contributed by atoms with E-state index in [1.807, 2.05) is 21.6 Å². The smallest absolute Gasteiger partial charge is 0.303 e. The number of carbonyl (C=O) groups is 4. The van der Waals surface area contributed by atoms with Crippen LogP contribution in [-0.4, -0.2) is 91.0 Å². The fraction of sp³-hybridized carbons (Fsp3) is 0.889. The lowest BCUT2D eigenvalue weighted by atomic mass is 9.98. The number of ether oxygens (including phenoxy) is 6. The number of aliphatic hydroxyl groups is 1. The van der Waals surface area contributed by atoms with Crippen LogP contribution in [0.15, 0.2) is 0 Å². The summed E-state index contributed by atoms with van der Waals surface area (Å²) >= 11 is 0. The van der Waals surface area contributed by atoms with E-state index in [0.717, 1.165) is 32.1 Å². The van der Waals surface area contributed by atoms with Crippen molar-refractivity contribution in [3.8, 4) is 0 Å². The van der Waals surface area contributed by atoms with Gasteiger partial charge in [-0.25, -0.2) is 0 Å². The minimum absolute atomic E-state index is 0.273. The van der Waals surface area contributed by atoms with E-state index in [9.17, 15) is 19.2 Å². The Labute approximate surface area is 302 Å². The van der Waals surface area contributed by atoms with Crippen molar-refractivity contribution in [1.29, 1.82) is 0 Å². The van der Waals surface area contributed by atoms with Crippen molar-refractivity contribution in [1.82, 2.24) is 0 Å². The van der Waals surface area contributed by atoms with Crippen molar-refractivity contribution < 1.29 is 52.7 Å². The minimum atomic E-state index is -1.22. The Morgan fingerprint density at radius 2 is 0.939 bits per heavy atom. The summed E-state index contributed by atoms with van der Waals surface area (Å²) in [5.74, 6) is -0.0561. The third-order valence-electron chi connectivity index (χ3n) is 8.07. The second-order valence-electron chi connectivity index (χ2n) is 12.7. The van der Waals surface area contributed by atoms with Gasteiger partial charge in [0, 0.05) is 52.4 Å². The molecule has 1 saturated heterocycles. The molecule has 0 bridgehead atoms. The Morgan fingerprint density at radius 1 is 0.531 bits per heavy atom. The van der Waals surface area contributed by atoms with E-state index in [4.69, 9.17) is 33.5 Å². The van der Waals surface area contributed by atoms with Crippen molar-refractivity contribution in [2.24, 2.45) is 0 Å². The molecule has 0 radical (unpaired) electrons. The van der Waals surface area contributed by atoms with Gasteiger partial charge in [0.05, 0.1) is 0 Å². The van der Waals surface area contributed by atoms with Gasteiger partial charge in [0.2, 0.25) is 0 Å². The number of hydrogen-bond donors (Lipinski definition) is 1. The summed E-state index contributed by atoms with van der Waals surface area (Å²) in [6.45, 7) is 5.20.